The third-order valence-electron chi connectivity index (χ3n) is 12.8. The van der Waals surface area contributed by atoms with Crippen molar-refractivity contribution in [3.05, 3.63) is 235 Å². The van der Waals surface area contributed by atoms with Crippen LogP contribution in [0, 0.1) is 0 Å². The van der Waals surface area contributed by atoms with E-state index >= 15 is 0 Å². The molecule has 1 aliphatic heterocycles. The molecule has 9 aromatic carbocycles. The molecule has 0 amide bonds. The number of ether oxygens (including phenoxy) is 1. The summed E-state index contributed by atoms with van der Waals surface area (Å²) in [6, 6.07) is 76.0. The van der Waals surface area contributed by atoms with Gasteiger partial charge in [-0.2, -0.15) is 0 Å². The van der Waals surface area contributed by atoms with E-state index in [0.29, 0.717) is 5.82 Å². The number of hydrogen-bond donors (Lipinski definition) is 0. The Bertz CT molecular complexity index is 3470. The first-order chi connectivity index (χ1) is 30.2. The van der Waals surface area contributed by atoms with Crippen molar-refractivity contribution in [1.82, 2.24) is 14.5 Å². The summed E-state index contributed by atoms with van der Waals surface area (Å²) in [5, 5.41) is 4.69. The SMILES string of the molecule is c1ccc(-c2cc(-c3cccc(-n4c5cc6c(cc5c5ccc7ccccc7c54)Oc4ccccc4C64c5ccccc5-c5ccccc54)c3)nc(-c3ccccc3)n2)cc1. The fourth-order valence-electron chi connectivity index (χ4n) is 10.3. The Morgan fingerprint density at radius 1 is 0.393 bits per heavy atom. The maximum Gasteiger partial charge on any atom is 0.160 e. The molecule has 0 saturated carbocycles. The van der Waals surface area contributed by atoms with Gasteiger partial charge >= 0.3 is 0 Å². The van der Waals surface area contributed by atoms with Crippen LogP contribution in [0.15, 0.2) is 212 Å². The zero-order valence-electron chi connectivity index (χ0n) is 33.0. The summed E-state index contributed by atoms with van der Waals surface area (Å²) in [7, 11) is 0. The minimum Gasteiger partial charge on any atom is -0.457 e. The molecule has 4 nitrogen and oxygen atoms in total. The number of para-hydroxylation sites is 1. The van der Waals surface area contributed by atoms with Crippen molar-refractivity contribution in [3.8, 4) is 62.2 Å². The third kappa shape index (κ3) is 4.87. The average Bonchev–Trinajstić information content (AvgIpc) is 3.82. The molecule has 0 unspecified atom stereocenters. The van der Waals surface area contributed by atoms with Gasteiger partial charge in [-0.15, -0.1) is 0 Å². The molecule has 2 aliphatic rings. The molecule has 0 saturated heterocycles. The molecule has 61 heavy (non-hydrogen) atoms. The summed E-state index contributed by atoms with van der Waals surface area (Å²) in [6.45, 7) is 0. The molecule has 4 heteroatoms. The summed E-state index contributed by atoms with van der Waals surface area (Å²) in [5.74, 6) is 2.46. The van der Waals surface area contributed by atoms with Gasteiger partial charge in [0, 0.05) is 49.7 Å². The van der Waals surface area contributed by atoms with Gasteiger partial charge in [0.25, 0.3) is 0 Å². The molecular weight excluding hydrogens is 743 g/mol. The zero-order chi connectivity index (χ0) is 40.1. The molecule has 0 N–H and O–H groups in total. The molecule has 1 spiro atoms. The second-order valence-electron chi connectivity index (χ2n) is 16.1. The molecule has 0 fully saturated rings. The Morgan fingerprint density at radius 3 is 1.79 bits per heavy atom. The van der Waals surface area contributed by atoms with E-state index in [1.807, 2.05) is 24.3 Å². The van der Waals surface area contributed by atoms with E-state index in [1.54, 1.807) is 0 Å². The minimum atomic E-state index is -0.584. The van der Waals surface area contributed by atoms with E-state index in [0.717, 1.165) is 72.8 Å². The maximum atomic E-state index is 7.00. The fourth-order valence-corrected chi connectivity index (χ4v) is 10.3. The predicted molar refractivity (Wildman–Crippen MR) is 248 cm³/mol. The third-order valence-corrected chi connectivity index (χ3v) is 12.8. The zero-order valence-corrected chi connectivity index (χ0v) is 33.0. The van der Waals surface area contributed by atoms with Gasteiger partial charge in [0.1, 0.15) is 11.5 Å². The quantitative estimate of drug-likeness (QED) is 0.179. The summed E-state index contributed by atoms with van der Waals surface area (Å²) < 4.78 is 9.47. The summed E-state index contributed by atoms with van der Waals surface area (Å²) in [5.41, 5.74) is 14.9. The molecule has 0 atom stereocenters. The van der Waals surface area contributed by atoms with Crippen LogP contribution in [0.25, 0.3) is 83.3 Å². The highest BCUT2D eigenvalue weighted by atomic mass is 16.5. The van der Waals surface area contributed by atoms with Gasteiger partial charge in [0.15, 0.2) is 5.82 Å². The molecule has 11 aromatic rings. The smallest absolute Gasteiger partial charge is 0.160 e. The molecule has 3 heterocycles. The number of fused-ring (bicyclic) bond motifs is 14. The van der Waals surface area contributed by atoms with Crippen molar-refractivity contribution in [1.29, 1.82) is 0 Å². The summed E-state index contributed by atoms with van der Waals surface area (Å²) in [4.78, 5) is 10.3. The summed E-state index contributed by atoms with van der Waals surface area (Å²) in [6.07, 6.45) is 0. The molecule has 13 rings (SSSR count). The van der Waals surface area contributed by atoms with Crippen LogP contribution in [0.3, 0.4) is 0 Å². The van der Waals surface area contributed by atoms with Crippen molar-refractivity contribution in [2.24, 2.45) is 0 Å². The van der Waals surface area contributed by atoms with E-state index < -0.39 is 5.41 Å². The number of rotatable bonds is 4. The van der Waals surface area contributed by atoms with Crippen LogP contribution in [0.4, 0.5) is 0 Å². The van der Waals surface area contributed by atoms with Gasteiger partial charge in [-0.05, 0) is 64.0 Å². The Balaban J connectivity index is 1.11. The molecule has 2 aromatic heterocycles. The lowest BCUT2D eigenvalue weighted by molar-refractivity contribution is 0.437. The molecule has 0 bridgehead atoms. The molecule has 284 valence electrons. The van der Waals surface area contributed by atoms with Crippen molar-refractivity contribution >= 4 is 32.6 Å². The number of benzene rings is 9. The highest BCUT2D eigenvalue weighted by Gasteiger charge is 2.51. The van der Waals surface area contributed by atoms with E-state index in [4.69, 9.17) is 14.7 Å². The number of hydrogen-bond acceptors (Lipinski definition) is 3. The lowest BCUT2D eigenvalue weighted by Crippen LogP contribution is -2.32. The minimum absolute atomic E-state index is 0.584. The van der Waals surface area contributed by atoms with Crippen LogP contribution in [-0.4, -0.2) is 14.5 Å². The first-order valence-electron chi connectivity index (χ1n) is 20.8. The lowest BCUT2D eigenvalue weighted by Gasteiger charge is -2.39. The largest absolute Gasteiger partial charge is 0.457 e. The van der Waals surface area contributed by atoms with Crippen LogP contribution in [0.2, 0.25) is 0 Å². The van der Waals surface area contributed by atoms with E-state index in [9.17, 15) is 0 Å². The van der Waals surface area contributed by atoms with Crippen molar-refractivity contribution in [2.75, 3.05) is 0 Å². The second-order valence-corrected chi connectivity index (χ2v) is 16.1. The van der Waals surface area contributed by atoms with Crippen LogP contribution in [0.5, 0.6) is 11.5 Å². The molecular formula is C57H35N3O. The topological polar surface area (TPSA) is 39.9 Å². The highest BCUT2D eigenvalue weighted by molar-refractivity contribution is 6.19. The molecule has 1 aliphatic carbocycles. The average molecular weight is 778 g/mol. The van der Waals surface area contributed by atoms with Crippen LogP contribution in [-0.2, 0) is 5.41 Å². The van der Waals surface area contributed by atoms with Gasteiger partial charge in [-0.25, -0.2) is 9.97 Å². The maximum absolute atomic E-state index is 7.00. The lowest BCUT2D eigenvalue weighted by atomic mass is 9.66. The van der Waals surface area contributed by atoms with Crippen molar-refractivity contribution in [2.45, 2.75) is 5.41 Å². The van der Waals surface area contributed by atoms with E-state index in [2.05, 4.69) is 193 Å². The van der Waals surface area contributed by atoms with Gasteiger partial charge < -0.3 is 9.30 Å². The Kier molecular flexibility index (Phi) is 7.19. The fraction of sp³-hybridized carbons (Fsp3) is 0.0175. The predicted octanol–water partition coefficient (Wildman–Crippen LogP) is 14.2. The molecule has 0 radical (unpaired) electrons. The van der Waals surface area contributed by atoms with Crippen molar-refractivity contribution in [3.63, 3.8) is 0 Å². The van der Waals surface area contributed by atoms with Gasteiger partial charge in [0.2, 0.25) is 0 Å². The normalized spacial score (nSPS) is 13.2. The van der Waals surface area contributed by atoms with E-state index in [-0.39, 0.29) is 0 Å². The number of aromatic nitrogens is 3. The van der Waals surface area contributed by atoms with Crippen LogP contribution < -0.4 is 4.74 Å². The monoisotopic (exact) mass is 777 g/mol. The Labute approximate surface area is 352 Å². The van der Waals surface area contributed by atoms with Gasteiger partial charge in [0.05, 0.1) is 27.8 Å². The number of nitrogens with zero attached hydrogens (tertiary/aromatic N) is 3. The highest BCUT2D eigenvalue weighted by Crippen LogP contribution is 2.62. The van der Waals surface area contributed by atoms with Crippen molar-refractivity contribution < 1.29 is 4.74 Å². The van der Waals surface area contributed by atoms with E-state index in [1.165, 1.54) is 38.4 Å². The van der Waals surface area contributed by atoms with Gasteiger partial charge in [-0.1, -0.05) is 176 Å². The van der Waals surface area contributed by atoms with Crippen LogP contribution >= 0.6 is 0 Å². The first-order valence-corrected chi connectivity index (χ1v) is 20.8. The summed E-state index contributed by atoms with van der Waals surface area (Å²) >= 11 is 0. The second kappa shape index (κ2) is 13.0. The van der Waals surface area contributed by atoms with Crippen LogP contribution in [0.1, 0.15) is 22.3 Å². The Hall–Kier alpha value is -8.08. The first kappa shape index (κ1) is 33.8. The standard InChI is InChI=1S/C57H35N3O/c1-3-17-37(18-4-1)50-35-51(59-56(58-50)38-19-5-2-6-20-38)39-21-15-22-40(32-39)60-52-34-49-54(33-45(52)44-31-30-36-16-7-8-23-41(36)55(44)60)61-53-29-14-13-28-48(53)57(49)46-26-11-9-24-42(46)43-25-10-12-27-47(43)57/h1-35H. The Morgan fingerprint density at radius 2 is 1.02 bits per heavy atom. The van der Waals surface area contributed by atoms with Gasteiger partial charge in [-0.3, -0.25) is 0 Å².